The number of nitrogens with two attached hydrogens (primary N) is 1. The Labute approximate surface area is 97.9 Å². The number of ether oxygens (including phenoxy) is 1. The Morgan fingerprint density at radius 1 is 1.50 bits per heavy atom. The summed E-state index contributed by atoms with van der Waals surface area (Å²) in [5.41, 5.74) is 5.98. The lowest BCUT2D eigenvalue weighted by Gasteiger charge is -2.29. The van der Waals surface area contributed by atoms with Gasteiger partial charge in [-0.25, -0.2) is 0 Å². The lowest BCUT2D eigenvalue weighted by atomic mass is 9.84. The summed E-state index contributed by atoms with van der Waals surface area (Å²) < 4.78 is 5.06. The van der Waals surface area contributed by atoms with Crippen molar-refractivity contribution in [3.05, 3.63) is 0 Å². The predicted octanol–water partition coefficient (Wildman–Crippen LogP) is 1.05. The van der Waals surface area contributed by atoms with E-state index in [1.807, 2.05) is 6.92 Å². The number of hydrogen-bond acceptors (Lipinski definition) is 3. The first-order chi connectivity index (χ1) is 7.69. The molecule has 0 saturated heterocycles. The minimum atomic E-state index is -0.000318. The molecule has 1 saturated carbocycles. The zero-order valence-electron chi connectivity index (χ0n) is 10.4. The lowest BCUT2D eigenvalue weighted by molar-refractivity contribution is -0.127. The fourth-order valence-electron chi connectivity index (χ4n) is 2.26. The molecule has 16 heavy (non-hydrogen) atoms. The highest BCUT2D eigenvalue weighted by molar-refractivity contribution is 5.79. The SMILES string of the molecule is CCC(COC)NC(=O)C1CCCCC1N. The third-order valence-corrected chi connectivity index (χ3v) is 3.36. The monoisotopic (exact) mass is 228 g/mol. The van der Waals surface area contributed by atoms with Crippen molar-refractivity contribution in [2.45, 2.75) is 51.1 Å². The summed E-state index contributed by atoms with van der Waals surface area (Å²) in [4.78, 5) is 12.0. The van der Waals surface area contributed by atoms with Crippen LogP contribution in [0.15, 0.2) is 0 Å². The Morgan fingerprint density at radius 2 is 2.19 bits per heavy atom. The Balaban J connectivity index is 2.42. The van der Waals surface area contributed by atoms with Gasteiger partial charge in [-0.3, -0.25) is 4.79 Å². The lowest BCUT2D eigenvalue weighted by Crippen LogP contribution is -2.47. The molecule has 4 nitrogen and oxygen atoms in total. The fourth-order valence-corrected chi connectivity index (χ4v) is 2.26. The molecular weight excluding hydrogens is 204 g/mol. The molecule has 1 fully saturated rings. The van der Waals surface area contributed by atoms with Crippen LogP contribution in [0.4, 0.5) is 0 Å². The molecule has 1 amide bonds. The highest BCUT2D eigenvalue weighted by Gasteiger charge is 2.29. The summed E-state index contributed by atoms with van der Waals surface area (Å²) in [6.07, 6.45) is 5.06. The average molecular weight is 228 g/mol. The van der Waals surface area contributed by atoms with Gasteiger partial charge in [0.15, 0.2) is 0 Å². The second-order valence-corrected chi connectivity index (χ2v) is 4.62. The Bertz CT molecular complexity index is 221. The number of carbonyl (C=O) groups is 1. The van der Waals surface area contributed by atoms with E-state index >= 15 is 0 Å². The van der Waals surface area contributed by atoms with Crippen molar-refractivity contribution in [2.75, 3.05) is 13.7 Å². The molecule has 1 aliphatic rings. The molecule has 0 aromatic carbocycles. The molecule has 0 aromatic heterocycles. The van der Waals surface area contributed by atoms with E-state index in [0.717, 1.165) is 32.1 Å². The van der Waals surface area contributed by atoms with Crippen molar-refractivity contribution in [1.82, 2.24) is 5.32 Å². The van der Waals surface area contributed by atoms with Crippen LogP contribution in [-0.4, -0.2) is 31.7 Å². The molecular formula is C12H24N2O2. The maximum absolute atomic E-state index is 12.0. The van der Waals surface area contributed by atoms with E-state index in [-0.39, 0.29) is 23.9 Å². The molecule has 3 N–H and O–H groups in total. The molecule has 1 aliphatic carbocycles. The topological polar surface area (TPSA) is 64.3 Å². The van der Waals surface area contributed by atoms with Gasteiger partial charge in [0.1, 0.15) is 0 Å². The van der Waals surface area contributed by atoms with E-state index < -0.39 is 0 Å². The molecule has 0 heterocycles. The Hall–Kier alpha value is -0.610. The minimum Gasteiger partial charge on any atom is -0.383 e. The summed E-state index contributed by atoms with van der Waals surface area (Å²) in [5, 5.41) is 3.02. The van der Waals surface area contributed by atoms with Crippen molar-refractivity contribution in [3.63, 3.8) is 0 Å². The fraction of sp³-hybridized carbons (Fsp3) is 0.917. The first-order valence-corrected chi connectivity index (χ1v) is 6.24. The number of amides is 1. The quantitative estimate of drug-likeness (QED) is 0.739. The number of hydrogen-bond donors (Lipinski definition) is 2. The third-order valence-electron chi connectivity index (χ3n) is 3.36. The number of nitrogens with one attached hydrogen (secondary N) is 1. The molecule has 0 spiro atoms. The zero-order chi connectivity index (χ0) is 12.0. The van der Waals surface area contributed by atoms with Crippen molar-refractivity contribution < 1.29 is 9.53 Å². The van der Waals surface area contributed by atoms with Crippen molar-refractivity contribution in [3.8, 4) is 0 Å². The molecule has 3 atom stereocenters. The van der Waals surface area contributed by atoms with Crippen molar-refractivity contribution in [2.24, 2.45) is 11.7 Å². The van der Waals surface area contributed by atoms with Crippen LogP contribution >= 0.6 is 0 Å². The number of methoxy groups -OCH3 is 1. The van der Waals surface area contributed by atoms with Gasteiger partial charge in [0.2, 0.25) is 5.91 Å². The van der Waals surface area contributed by atoms with E-state index in [2.05, 4.69) is 5.32 Å². The van der Waals surface area contributed by atoms with Crippen LogP contribution < -0.4 is 11.1 Å². The van der Waals surface area contributed by atoms with Gasteiger partial charge in [0.05, 0.1) is 18.6 Å². The molecule has 0 aliphatic heterocycles. The van der Waals surface area contributed by atoms with E-state index in [0.29, 0.717) is 6.61 Å². The molecule has 0 bridgehead atoms. The molecule has 4 heteroatoms. The first-order valence-electron chi connectivity index (χ1n) is 6.24. The van der Waals surface area contributed by atoms with Gasteiger partial charge < -0.3 is 15.8 Å². The van der Waals surface area contributed by atoms with Gasteiger partial charge in [-0.15, -0.1) is 0 Å². The maximum atomic E-state index is 12.0. The molecule has 94 valence electrons. The molecule has 0 radical (unpaired) electrons. The van der Waals surface area contributed by atoms with Gasteiger partial charge in [-0.05, 0) is 19.3 Å². The van der Waals surface area contributed by atoms with Gasteiger partial charge >= 0.3 is 0 Å². The molecule has 3 unspecified atom stereocenters. The van der Waals surface area contributed by atoms with Gasteiger partial charge in [0.25, 0.3) is 0 Å². The van der Waals surface area contributed by atoms with Crippen molar-refractivity contribution >= 4 is 5.91 Å². The predicted molar refractivity (Wildman–Crippen MR) is 64.0 cm³/mol. The second kappa shape index (κ2) is 6.86. The van der Waals surface area contributed by atoms with E-state index in [1.165, 1.54) is 0 Å². The largest absolute Gasteiger partial charge is 0.383 e. The normalized spacial score (nSPS) is 27.4. The van der Waals surface area contributed by atoms with Crippen LogP contribution in [0.1, 0.15) is 39.0 Å². The average Bonchev–Trinajstić information content (AvgIpc) is 2.28. The second-order valence-electron chi connectivity index (χ2n) is 4.62. The summed E-state index contributed by atoms with van der Waals surface area (Å²) in [6.45, 7) is 2.62. The highest BCUT2D eigenvalue weighted by atomic mass is 16.5. The maximum Gasteiger partial charge on any atom is 0.224 e. The number of rotatable bonds is 5. The van der Waals surface area contributed by atoms with Crippen LogP contribution in [0.2, 0.25) is 0 Å². The standard InChI is InChI=1S/C12H24N2O2/c1-3-9(8-16-2)14-12(15)10-6-4-5-7-11(10)13/h9-11H,3-8,13H2,1-2H3,(H,14,15). The molecule has 0 aromatic rings. The van der Waals surface area contributed by atoms with Crippen LogP contribution in [0, 0.1) is 5.92 Å². The third kappa shape index (κ3) is 3.76. The molecule has 1 rings (SSSR count). The summed E-state index contributed by atoms with van der Waals surface area (Å²) in [7, 11) is 1.65. The van der Waals surface area contributed by atoms with E-state index in [4.69, 9.17) is 10.5 Å². The zero-order valence-corrected chi connectivity index (χ0v) is 10.4. The Kier molecular flexibility index (Phi) is 5.77. The summed E-state index contributed by atoms with van der Waals surface area (Å²) >= 11 is 0. The number of carbonyl (C=O) groups excluding carboxylic acids is 1. The van der Waals surface area contributed by atoms with Crippen LogP contribution in [0.5, 0.6) is 0 Å². The first kappa shape index (κ1) is 13.5. The Morgan fingerprint density at radius 3 is 2.75 bits per heavy atom. The van der Waals surface area contributed by atoms with Crippen LogP contribution in [-0.2, 0) is 9.53 Å². The van der Waals surface area contributed by atoms with Gasteiger partial charge in [-0.2, -0.15) is 0 Å². The van der Waals surface area contributed by atoms with Gasteiger partial charge in [-0.1, -0.05) is 19.8 Å². The summed E-state index contributed by atoms with van der Waals surface area (Å²) in [6, 6.07) is 0.153. The van der Waals surface area contributed by atoms with Gasteiger partial charge in [0, 0.05) is 13.2 Å². The van der Waals surface area contributed by atoms with E-state index in [1.54, 1.807) is 7.11 Å². The highest BCUT2D eigenvalue weighted by Crippen LogP contribution is 2.23. The minimum absolute atomic E-state index is 0.000318. The van der Waals surface area contributed by atoms with Crippen LogP contribution in [0.25, 0.3) is 0 Å². The van der Waals surface area contributed by atoms with E-state index in [9.17, 15) is 4.79 Å². The van der Waals surface area contributed by atoms with Crippen molar-refractivity contribution in [1.29, 1.82) is 0 Å². The van der Waals surface area contributed by atoms with Crippen LogP contribution in [0.3, 0.4) is 0 Å². The smallest absolute Gasteiger partial charge is 0.224 e. The summed E-state index contributed by atoms with van der Waals surface area (Å²) in [5.74, 6) is 0.107.